The van der Waals surface area contributed by atoms with E-state index in [1.807, 2.05) is 12.1 Å². The average molecular weight is 285 g/mol. The van der Waals surface area contributed by atoms with Crippen LogP contribution in [0.1, 0.15) is 23.8 Å². The van der Waals surface area contributed by atoms with Crippen molar-refractivity contribution in [2.24, 2.45) is 0 Å². The Morgan fingerprint density at radius 1 is 1.24 bits per heavy atom. The Kier molecular flexibility index (Phi) is 2.77. The number of thiazole rings is 1. The van der Waals surface area contributed by atoms with E-state index in [0.717, 1.165) is 21.3 Å². The monoisotopic (exact) mass is 284 g/mol. The van der Waals surface area contributed by atoms with Gasteiger partial charge >= 0.3 is 0 Å². The van der Waals surface area contributed by atoms with Crippen LogP contribution in [-0.2, 0) is 0 Å². The van der Waals surface area contributed by atoms with Gasteiger partial charge in [-0.2, -0.15) is 0 Å². The number of aromatic nitrogens is 1. The van der Waals surface area contributed by atoms with E-state index in [2.05, 4.69) is 4.98 Å². The van der Waals surface area contributed by atoms with Crippen molar-refractivity contribution >= 4 is 39.5 Å². The largest absolute Gasteiger partial charge is 0.389 e. The Morgan fingerprint density at radius 2 is 2.00 bits per heavy atom. The number of rotatable bonds is 2. The number of nitrogens with zero attached hydrogens (tertiary/aromatic N) is 1. The molecule has 17 heavy (non-hydrogen) atoms. The van der Waals surface area contributed by atoms with Gasteiger partial charge in [0.05, 0.1) is 15.1 Å². The average Bonchev–Trinajstić information content (AvgIpc) is 3.07. The van der Waals surface area contributed by atoms with Crippen LogP contribution in [0.25, 0.3) is 11.3 Å². The summed E-state index contributed by atoms with van der Waals surface area (Å²) >= 11 is 13.5. The molecule has 0 radical (unpaired) electrons. The number of hydrogen-bond donors (Lipinski definition) is 1. The Bertz CT molecular complexity index is 576. The molecule has 0 bridgehead atoms. The zero-order chi connectivity index (χ0) is 12.0. The molecule has 2 aromatic rings. The molecule has 1 aliphatic rings. The van der Waals surface area contributed by atoms with Crippen molar-refractivity contribution in [1.82, 2.24) is 4.98 Å². The molecule has 0 aliphatic heterocycles. The van der Waals surface area contributed by atoms with Crippen LogP contribution in [0.2, 0.25) is 10.0 Å². The highest BCUT2D eigenvalue weighted by atomic mass is 35.5. The van der Waals surface area contributed by atoms with Gasteiger partial charge in [-0.3, -0.25) is 0 Å². The van der Waals surface area contributed by atoms with E-state index in [1.54, 1.807) is 17.4 Å². The first-order valence-electron chi connectivity index (χ1n) is 5.37. The minimum atomic E-state index is 0.532. The molecule has 0 saturated heterocycles. The van der Waals surface area contributed by atoms with Gasteiger partial charge in [0.1, 0.15) is 10.7 Å². The van der Waals surface area contributed by atoms with Crippen molar-refractivity contribution < 1.29 is 0 Å². The normalized spacial score (nSPS) is 15.2. The van der Waals surface area contributed by atoms with E-state index in [1.165, 1.54) is 12.8 Å². The van der Waals surface area contributed by atoms with E-state index < -0.39 is 0 Å². The molecule has 0 spiro atoms. The lowest BCUT2D eigenvalue weighted by Gasteiger charge is -2.00. The highest BCUT2D eigenvalue weighted by molar-refractivity contribution is 7.16. The van der Waals surface area contributed by atoms with Gasteiger partial charge in [-0.25, -0.2) is 4.98 Å². The number of hydrogen-bond acceptors (Lipinski definition) is 3. The van der Waals surface area contributed by atoms with Crippen molar-refractivity contribution in [3.63, 3.8) is 0 Å². The van der Waals surface area contributed by atoms with Crippen LogP contribution in [0.4, 0.5) is 5.00 Å². The smallest absolute Gasteiger partial charge is 0.114 e. The Morgan fingerprint density at radius 3 is 2.65 bits per heavy atom. The minimum Gasteiger partial charge on any atom is -0.389 e. The molecule has 5 heteroatoms. The molecule has 0 amide bonds. The van der Waals surface area contributed by atoms with Crippen LogP contribution in [0.5, 0.6) is 0 Å². The van der Waals surface area contributed by atoms with Crippen LogP contribution in [0, 0.1) is 0 Å². The third-order valence-corrected chi connectivity index (χ3v) is 4.58. The van der Waals surface area contributed by atoms with Gasteiger partial charge in [0.25, 0.3) is 0 Å². The van der Waals surface area contributed by atoms with Gasteiger partial charge in [-0.05, 0) is 25.0 Å². The first kappa shape index (κ1) is 11.3. The molecule has 2 nitrogen and oxygen atoms in total. The molecule has 1 aromatic carbocycles. The molecule has 0 unspecified atom stereocenters. The summed E-state index contributed by atoms with van der Waals surface area (Å²) in [4.78, 5) is 4.60. The highest BCUT2D eigenvalue weighted by Gasteiger charge is 2.28. The molecule has 2 N–H and O–H groups in total. The molecule has 1 aromatic heterocycles. The second-order valence-electron chi connectivity index (χ2n) is 4.17. The topological polar surface area (TPSA) is 38.9 Å². The minimum absolute atomic E-state index is 0.532. The lowest BCUT2D eigenvalue weighted by atomic mass is 10.1. The predicted molar refractivity (Wildman–Crippen MR) is 74.0 cm³/mol. The van der Waals surface area contributed by atoms with E-state index in [4.69, 9.17) is 28.9 Å². The summed E-state index contributed by atoms with van der Waals surface area (Å²) in [5.74, 6) is 0.624. The SMILES string of the molecule is Nc1sc(C2CC2)nc1-c1ccc(Cl)c(Cl)c1. The summed E-state index contributed by atoms with van der Waals surface area (Å²) in [5.41, 5.74) is 7.77. The first-order valence-corrected chi connectivity index (χ1v) is 6.94. The van der Waals surface area contributed by atoms with Crippen molar-refractivity contribution in [2.75, 3.05) is 5.73 Å². The molecule has 1 saturated carbocycles. The number of anilines is 1. The molecule has 1 aliphatic carbocycles. The fourth-order valence-corrected chi connectivity index (χ4v) is 3.03. The van der Waals surface area contributed by atoms with Crippen molar-refractivity contribution in [3.05, 3.63) is 33.3 Å². The lowest BCUT2D eigenvalue weighted by Crippen LogP contribution is -1.86. The zero-order valence-electron chi connectivity index (χ0n) is 8.91. The third-order valence-electron chi connectivity index (χ3n) is 2.79. The van der Waals surface area contributed by atoms with Crippen molar-refractivity contribution in [1.29, 1.82) is 0 Å². The van der Waals surface area contributed by atoms with E-state index in [-0.39, 0.29) is 0 Å². The third kappa shape index (κ3) is 2.15. The quantitative estimate of drug-likeness (QED) is 0.877. The van der Waals surface area contributed by atoms with Gasteiger partial charge in [0, 0.05) is 11.5 Å². The maximum Gasteiger partial charge on any atom is 0.114 e. The van der Waals surface area contributed by atoms with Gasteiger partial charge in [-0.15, -0.1) is 11.3 Å². The summed E-state index contributed by atoms with van der Waals surface area (Å²) in [5, 5.41) is 2.98. The number of benzene rings is 1. The molecule has 3 rings (SSSR count). The van der Waals surface area contributed by atoms with Gasteiger partial charge in [0.2, 0.25) is 0 Å². The standard InChI is InChI=1S/C12H10Cl2N2S/c13-8-4-3-7(5-9(8)14)10-11(15)17-12(16-10)6-1-2-6/h3-6H,1-2,15H2. The highest BCUT2D eigenvalue weighted by Crippen LogP contribution is 2.45. The summed E-state index contributed by atoms with van der Waals surface area (Å²) < 4.78 is 0. The number of nitrogen functional groups attached to an aromatic ring is 1. The van der Waals surface area contributed by atoms with Gasteiger partial charge < -0.3 is 5.73 Å². The molecule has 0 atom stereocenters. The van der Waals surface area contributed by atoms with Gasteiger partial charge in [0.15, 0.2) is 0 Å². The summed E-state index contributed by atoms with van der Waals surface area (Å²) in [6, 6.07) is 5.48. The van der Waals surface area contributed by atoms with E-state index in [9.17, 15) is 0 Å². The van der Waals surface area contributed by atoms with Crippen LogP contribution < -0.4 is 5.73 Å². The Hall–Kier alpha value is -0.770. The fraction of sp³-hybridized carbons (Fsp3) is 0.250. The summed E-state index contributed by atoms with van der Waals surface area (Å²) in [6.07, 6.45) is 2.46. The van der Waals surface area contributed by atoms with E-state index >= 15 is 0 Å². The maximum atomic E-state index is 6.01. The molecule has 88 valence electrons. The molecular formula is C12H10Cl2N2S. The second-order valence-corrected chi connectivity index (χ2v) is 6.04. The Balaban J connectivity index is 2.04. The number of halogens is 2. The molecule has 1 fully saturated rings. The predicted octanol–water partition coefficient (Wildman–Crippen LogP) is 4.58. The molecule has 1 heterocycles. The van der Waals surface area contributed by atoms with Crippen LogP contribution in [0.3, 0.4) is 0 Å². The van der Waals surface area contributed by atoms with Crippen LogP contribution >= 0.6 is 34.5 Å². The van der Waals surface area contributed by atoms with Crippen LogP contribution in [-0.4, -0.2) is 4.98 Å². The first-order chi connectivity index (χ1) is 8.15. The fourth-order valence-electron chi connectivity index (χ4n) is 1.70. The number of nitrogens with two attached hydrogens (primary N) is 1. The van der Waals surface area contributed by atoms with Crippen molar-refractivity contribution in [3.8, 4) is 11.3 Å². The molecular weight excluding hydrogens is 275 g/mol. The second kappa shape index (κ2) is 4.16. The Labute approximate surface area is 113 Å². The lowest BCUT2D eigenvalue weighted by molar-refractivity contribution is 1.09. The van der Waals surface area contributed by atoms with E-state index in [0.29, 0.717) is 16.0 Å². The maximum absolute atomic E-state index is 6.01. The van der Waals surface area contributed by atoms with Gasteiger partial charge in [-0.1, -0.05) is 29.3 Å². The summed E-state index contributed by atoms with van der Waals surface area (Å²) in [7, 11) is 0. The summed E-state index contributed by atoms with van der Waals surface area (Å²) in [6.45, 7) is 0. The van der Waals surface area contributed by atoms with Crippen LogP contribution in [0.15, 0.2) is 18.2 Å². The van der Waals surface area contributed by atoms with Crippen molar-refractivity contribution in [2.45, 2.75) is 18.8 Å². The zero-order valence-corrected chi connectivity index (χ0v) is 11.2.